The van der Waals surface area contributed by atoms with Gasteiger partial charge in [0.2, 0.25) is 0 Å². The minimum atomic E-state index is 0.245. The van der Waals surface area contributed by atoms with Gasteiger partial charge in [0.05, 0.1) is 0 Å². The maximum atomic E-state index is 5.70. The molecule has 1 aromatic rings. The van der Waals surface area contributed by atoms with Crippen LogP contribution in [0.25, 0.3) is 0 Å². The van der Waals surface area contributed by atoms with Crippen molar-refractivity contribution in [1.29, 1.82) is 0 Å². The molecule has 0 aliphatic carbocycles. The Morgan fingerprint density at radius 1 is 1.41 bits per heavy atom. The second-order valence-electron chi connectivity index (χ2n) is 4.78. The molecule has 0 saturated carbocycles. The summed E-state index contributed by atoms with van der Waals surface area (Å²) in [6, 6.07) is 2.33. The zero-order valence-electron chi connectivity index (χ0n) is 11.2. The predicted molar refractivity (Wildman–Crippen MR) is 72.4 cm³/mol. The predicted octanol–water partition coefficient (Wildman–Crippen LogP) is 2.97. The van der Waals surface area contributed by atoms with E-state index in [0.29, 0.717) is 5.92 Å². The number of nitrogens with one attached hydrogen (secondary N) is 1. The van der Waals surface area contributed by atoms with Gasteiger partial charge in [0.1, 0.15) is 0 Å². The Morgan fingerprint density at radius 2 is 2.18 bits per heavy atom. The van der Waals surface area contributed by atoms with Gasteiger partial charge in [0.25, 0.3) is 0 Å². The molecule has 0 aliphatic rings. The van der Waals surface area contributed by atoms with Gasteiger partial charge in [-0.15, -0.1) is 0 Å². The molecule has 3 N–H and O–H groups in total. The largest absolute Gasteiger partial charge is 0.271 e. The van der Waals surface area contributed by atoms with Crippen LogP contribution in [-0.2, 0) is 6.42 Å². The molecule has 0 bridgehead atoms. The lowest BCUT2D eigenvalue weighted by Crippen LogP contribution is -2.30. The first-order valence-corrected chi connectivity index (χ1v) is 6.61. The van der Waals surface area contributed by atoms with Crippen molar-refractivity contribution in [3.8, 4) is 0 Å². The number of pyridine rings is 1. The molecule has 0 radical (unpaired) electrons. The topological polar surface area (TPSA) is 50.9 Å². The van der Waals surface area contributed by atoms with Crippen LogP contribution in [0.5, 0.6) is 0 Å². The van der Waals surface area contributed by atoms with E-state index in [2.05, 4.69) is 37.2 Å². The van der Waals surface area contributed by atoms with Crippen molar-refractivity contribution in [2.75, 3.05) is 0 Å². The summed E-state index contributed by atoms with van der Waals surface area (Å²) in [6.07, 6.45) is 8.37. The summed E-state index contributed by atoms with van der Waals surface area (Å²) in [4.78, 5) is 4.18. The molecule has 2 unspecified atom stereocenters. The number of nitrogens with zero attached hydrogens (tertiary/aromatic N) is 1. The number of nitrogens with two attached hydrogens (primary N) is 1. The van der Waals surface area contributed by atoms with Crippen LogP contribution in [0.3, 0.4) is 0 Å². The third-order valence-electron chi connectivity index (χ3n) is 3.32. The first-order chi connectivity index (χ1) is 8.22. The zero-order valence-corrected chi connectivity index (χ0v) is 11.2. The third-order valence-corrected chi connectivity index (χ3v) is 3.32. The van der Waals surface area contributed by atoms with E-state index in [-0.39, 0.29) is 6.04 Å². The Hall–Kier alpha value is -0.930. The molecule has 3 nitrogen and oxygen atoms in total. The summed E-state index contributed by atoms with van der Waals surface area (Å²) in [6.45, 7) is 6.68. The smallest absolute Gasteiger partial charge is 0.0466 e. The highest BCUT2D eigenvalue weighted by atomic mass is 15.2. The van der Waals surface area contributed by atoms with E-state index < -0.39 is 0 Å². The van der Waals surface area contributed by atoms with Crippen molar-refractivity contribution in [1.82, 2.24) is 10.4 Å². The van der Waals surface area contributed by atoms with E-state index in [1.165, 1.54) is 24.0 Å². The summed E-state index contributed by atoms with van der Waals surface area (Å²) in [5, 5.41) is 0. The standard InChI is InChI=1S/C14H25N3/c1-4-6-11(3)9-14(17-15)13-7-8-16-10-12(13)5-2/h7-8,10-11,14,17H,4-6,9,15H2,1-3H3. The minimum Gasteiger partial charge on any atom is -0.271 e. The van der Waals surface area contributed by atoms with Crippen LogP contribution in [-0.4, -0.2) is 4.98 Å². The van der Waals surface area contributed by atoms with Crippen LogP contribution in [0, 0.1) is 5.92 Å². The lowest BCUT2D eigenvalue weighted by Gasteiger charge is -2.22. The van der Waals surface area contributed by atoms with E-state index in [0.717, 1.165) is 12.8 Å². The molecule has 0 saturated heterocycles. The maximum Gasteiger partial charge on any atom is 0.0466 e. The number of hydrogen-bond acceptors (Lipinski definition) is 3. The molecule has 0 fully saturated rings. The first kappa shape index (κ1) is 14.1. The highest BCUT2D eigenvalue weighted by Gasteiger charge is 2.16. The molecule has 96 valence electrons. The summed E-state index contributed by atoms with van der Waals surface area (Å²) < 4.78 is 0. The average Bonchev–Trinajstić information content (AvgIpc) is 2.36. The van der Waals surface area contributed by atoms with Crippen LogP contribution >= 0.6 is 0 Å². The molecule has 2 atom stereocenters. The molecule has 0 amide bonds. The summed E-state index contributed by atoms with van der Waals surface area (Å²) >= 11 is 0. The van der Waals surface area contributed by atoms with Crippen molar-refractivity contribution in [3.05, 3.63) is 29.6 Å². The zero-order chi connectivity index (χ0) is 12.7. The van der Waals surface area contributed by atoms with Gasteiger partial charge in [-0.2, -0.15) is 0 Å². The van der Waals surface area contributed by atoms with E-state index in [4.69, 9.17) is 5.84 Å². The molecule has 0 aliphatic heterocycles. The van der Waals surface area contributed by atoms with Gasteiger partial charge in [-0.3, -0.25) is 16.3 Å². The third kappa shape index (κ3) is 4.10. The van der Waals surface area contributed by atoms with Crippen LogP contribution < -0.4 is 11.3 Å². The maximum absolute atomic E-state index is 5.70. The van der Waals surface area contributed by atoms with Crippen molar-refractivity contribution < 1.29 is 0 Å². The van der Waals surface area contributed by atoms with Crippen LogP contribution in [0.2, 0.25) is 0 Å². The number of rotatable bonds is 7. The van der Waals surface area contributed by atoms with Gasteiger partial charge in [-0.05, 0) is 36.0 Å². The van der Waals surface area contributed by atoms with Crippen molar-refractivity contribution >= 4 is 0 Å². The second-order valence-corrected chi connectivity index (χ2v) is 4.78. The van der Waals surface area contributed by atoms with Crippen molar-refractivity contribution in [2.45, 2.75) is 52.5 Å². The Kier molecular flexibility index (Phi) is 6.16. The average molecular weight is 235 g/mol. The molecular formula is C14H25N3. The summed E-state index contributed by atoms with van der Waals surface area (Å²) in [5.74, 6) is 6.40. The fraction of sp³-hybridized carbons (Fsp3) is 0.643. The highest BCUT2D eigenvalue weighted by molar-refractivity contribution is 5.26. The van der Waals surface area contributed by atoms with E-state index in [1.54, 1.807) is 0 Å². The van der Waals surface area contributed by atoms with E-state index >= 15 is 0 Å². The van der Waals surface area contributed by atoms with Crippen molar-refractivity contribution in [3.63, 3.8) is 0 Å². The van der Waals surface area contributed by atoms with Crippen LogP contribution in [0.4, 0.5) is 0 Å². The Balaban J connectivity index is 2.78. The van der Waals surface area contributed by atoms with Gasteiger partial charge in [-0.25, -0.2) is 0 Å². The number of aryl methyl sites for hydroxylation is 1. The summed E-state index contributed by atoms with van der Waals surface area (Å²) in [7, 11) is 0. The lowest BCUT2D eigenvalue weighted by molar-refractivity contribution is 0.393. The second kappa shape index (κ2) is 7.41. The van der Waals surface area contributed by atoms with Crippen LogP contribution in [0.15, 0.2) is 18.5 Å². The van der Waals surface area contributed by atoms with Gasteiger partial charge < -0.3 is 0 Å². The summed E-state index contributed by atoms with van der Waals surface area (Å²) in [5.41, 5.74) is 5.54. The Labute approximate surface area is 105 Å². The number of aromatic nitrogens is 1. The SMILES string of the molecule is CCCC(C)CC(NN)c1ccncc1CC. The van der Waals surface area contributed by atoms with E-state index in [1.807, 2.05) is 12.4 Å². The Morgan fingerprint density at radius 3 is 2.76 bits per heavy atom. The van der Waals surface area contributed by atoms with Gasteiger partial charge in [-0.1, -0.05) is 33.6 Å². The quantitative estimate of drug-likeness (QED) is 0.564. The van der Waals surface area contributed by atoms with Crippen LogP contribution in [0.1, 0.15) is 57.2 Å². The minimum absolute atomic E-state index is 0.245. The molecule has 1 aromatic heterocycles. The number of hydrazine groups is 1. The molecule has 0 aromatic carbocycles. The molecule has 17 heavy (non-hydrogen) atoms. The molecular weight excluding hydrogens is 210 g/mol. The Bertz CT molecular complexity index is 325. The molecule has 1 heterocycles. The monoisotopic (exact) mass is 235 g/mol. The lowest BCUT2D eigenvalue weighted by atomic mass is 9.91. The van der Waals surface area contributed by atoms with Gasteiger partial charge in [0.15, 0.2) is 0 Å². The van der Waals surface area contributed by atoms with Gasteiger partial charge >= 0.3 is 0 Å². The van der Waals surface area contributed by atoms with E-state index in [9.17, 15) is 0 Å². The molecule has 3 heteroatoms. The van der Waals surface area contributed by atoms with Crippen molar-refractivity contribution in [2.24, 2.45) is 11.8 Å². The molecule has 0 spiro atoms. The molecule has 1 rings (SSSR count). The van der Waals surface area contributed by atoms with Gasteiger partial charge in [0, 0.05) is 18.4 Å². The fourth-order valence-corrected chi connectivity index (χ4v) is 2.37. The highest BCUT2D eigenvalue weighted by Crippen LogP contribution is 2.25. The first-order valence-electron chi connectivity index (χ1n) is 6.61. The normalized spacial score (nSPS) is 14.6. The number of hydrogen-bond donors (Lipinski definition) is 2. The fourth-order valence-electron chi connectivity index (χ4n) is 2.37.